The summed E-state index contributed by atoms with van der Waals surface area (Å²) in [5.41, 5.74) is 3.48. The van der Waals surface area contributed by atoms with Crippen LogP contribution in [-0.4, -0.2) is 16.7 Å². The lowest BCUT2D eigenvalue weighted by molar-refractivity contribution is 0.298. The van der Waals surface area contributed by atoms with Crippen molar-refractivity contribution >= 4 is 11.3 Å². The Morgan fingerprint density at radius 3 is 2.62 bits per heavy atom. The highest BCUT2D eigenvalue weighted by Crippen LogP contribution is 2.24. The SMILES string of the molecule is CCc1ccc(-c2nc(CCO)cs2)cc1. The Hall–Kier alpha value is -1.19. The maximum atomic E-state index is 8.83. The Balaban J connectivity index is 2.21. The van der Waals surface area contributed by atoms with E-state index in [1.165, 1.54) is 5.56 Å². The number of aliphatic hydroxyl groups is 1. The third-order valence-electron chi connectivity index (χ3n) is 2.53. The number of aryl methyl sites for hydroxylation is 1. The van der Waals surface area contributed by atoms with Crippen molar-refractivity contribution in [3.05, 3.63) is 40.9 Å². The number of thiazole rings is 1. The number of hydrogen-bond acceptors (Lipinski definition) is 3. The number of aliphatic hydroxyl groups excluding tert-OH is 1. The average molecular weight is 233 g/mol. The summed E-state index contributed by atoms with van der Waals surface area (Å²) < 4.78 is 0. The fourth-order valence-corrected chi connectivity index (χ4v) is 2.41. The summed E-state index contributed by atoms with van der Waals surface area (Å²) in [5.74, 6) is 0. The second-order valence-corrected chi connectivity index (χ2v) is 4.53. The summed E-state index contributed by atoms with van der Waals surface area (Å²) >= 11 is 1.63. The summed E-state index contributed by atoms with van der Waals surface area (Å²) in [6.07, 6.45) is 1.71. The predicted molar refractivity (Wildman–Crippen MR) is 67.7 cm³/mol. The molecule has 84 valence electrons. The van der Waals surface area contributed by atoms with Crippen molar-refractivity contribution in [1.29, 1.82) is 0 Å². The highest BCUT2D eigenvalue weighted by atomic mass is 32.1. The van der Waals surface area contributed by atoms with Crippen LogP contribution in [0, 0.1) is 0 Å². The number of aromatic nitrogens is 1. The summed E-state index contributed by atoms with van der Waals surface area (Å²) in [4.78, 5) is 4.48. The van der Waals surface area contributed by atoms with Crippen LogP contribution in [0.5, 0.6) is 0 Å². The van der Waals surface area contributed by atoms with E-state index in [0.717, 1.165) is 22.7 Å². The van der Waals surface area contributed by atoms with Crippen molar-refractivity contribution in [3.8, 4) is 10.6 Å². The molecule has 0 aliphatic heterocycles. The fraction of sp³-hybridized carbons (Fsp3) is 0.308. The monoisotopic (exact) mass is 233 g/mol. The Labute approximate surface area is 99.6 Å². The largest absolute Gasteiger partial charge is 0.396 e. The highest BCUT2D eigenvalue weighted by Gasteiger charge is 2.04. The van der Waals surface area contributed by atoms with E-state index < -0.39 is 0 Å². The zero-order valence-electron chi connectivity index (χ0n) is 9.31. The van der Waals surface area contributed by atoms with E-state index in [0.29, 0.717) is 6.42 Å². The molecule has 0 amide bonds. The molecule has 1 aromatic carbocycles. The van der Waals surface area contributed by atoms with Gasteiger partial charge in [-0.15, -0.1) is 11.3 Å². The summed E-state index contributed by atoms with van der Waals surface area (Å²) in [6, 6.07) is 8.51. The van der Waals surface area contributed by atoms with Crippen LogP contribution >= 0.6 is 11.3 Å². The molecule has 0 spiro atoms. The molecule has 0 radical (unpaired) electrons. The van der Waals surface area contributed by atoms with Crippen LogP contribution in [0.2, 0.25) is 0 Å². The minimum Gasteiger partial charge on any atom is -0.396 e. The molecule has 16 heavy (non-hydrogen) atoms. The van der Waals surface area contributed by atoms with Gasteiger partial charge in [0.1, 0.15) is 5.01 Å². The molecular formula is C13H15NOS. The molecular weight excluding hydrogens is 218 g/mol. The van der Waals surface area contributed by atoms with Crippen molar-refractivity contribution in [1.82, 2.24) is 4.98 Å². The number of hydrogen-bond donors (Lipinski definition) is 1. The molecule has 3 heteroatoms. The van der Waals surface area contributed by atoms with E-state index in [1.54, 1.807) is 11.3 Å². The molecule has 0 saturated heterocycles. The third kappa shape index (κ3) is 2.49. The van der Waals surface area contributed by atoms with E-state index in [1.807, 2.05) is 5.38 Å². The number of nitrogens with zero attached hydrogens (tertiary/aromatic N) is 1. The standard InChI is InChI=1S/C13H15NOS/c1-2-10-3-5-11(6-4-10)13-14-12(7-8-15)9-16-13/h3-6,9,15H,2,7-8H2,1H3. The van der Waals surface area contributed by atoms with Crippen molar-refractivity contribution in [2.45, 2.75) is 19.8 Å². The molecule has 2 aromatic rings. The second kappa shape index (κ2) is 5.23. The van der Waals surface area contributed by atoms with Gasteiger partial charge in [-0.25, -0.2) is 4.98 Å². The lowest BCUT2D eigenvalue weighted by Crippen LogP contribution is -1.90. The lowest BCUT2D eigenvalue weighted by atomic mass is 10.1. The highest BCUT2D eigenvalue weighted by molar-refractivity contribution is 7.13. The van der Waals surface area contributed by atoms with Crippen molar-refractivity contribution in [2.24, 2.45) is 0 Å². The van der Waals surface area contributed by atoms with E-state index in [2.05, 4.69) is 36.2 Å². The van der Waals surface area contributed by atoms with Crippen LogP contribution in [-0.2, 0) is 12.8 Å². The van der Waals surface area contributed by atoms with Crippen LogP contribution in [0.25, 0.3) is 10.6 Å². The minimum absolute atomic E-state index is 0.165. The molecule has 0 unspecified atom stereocenters. The van der Waals surface area contributed by atoms with Crippen LogP contribution in [0.3, 0.4) is 0 Å². The maximum Gasteiger partial charge on any atom is 0.123 e. The summed E-state index contributed by atoms with van der Waals surface area (Å²) in [5, 5.41) is 11.9. The zero-order chi connectivity index (χ0) is 11.4. The van der Waals surface area contributed by atoms with Gasteiger partial charge in [-0.3, -0.25) is 0 Å². The van der Waals surface area contributed by atoms with Gasteiger partial charge in [0.25, 0.3) is 0 Å². The van der Waals surface area contributed by atoms with E-state index >= 15 is 0 Å². The molecule has 0 bridgehead atoms. The first-order chi connectivity index (χ1) is 7.83. The Morgan fingerprint density at radius 2 is 2.00 bits per heavy atom. The van der Waals surface area contributed by atoms with Crippen molar-refractivity contribution < 1.29 is 5.11 Å². The summed E-state index contributed by atoms with van der Waals surface area (Å²) in [7, 11) is 0. The van der Waals surface area contributed by atoms with Crippen LogP contribution in [0.15, 0.2) is 29.6 Å². The normalized spacial score (nSPS) is 10.6. The van der Waals surface area contributed by atoms with Gasteiger partial charge in [-0.1, -0.05) is 31.2 Å². The lowest BCUT2D eigenvalue weighted by Gasteiger charge is -1.98. The third-order valence-corrected chi connectivity index (χ3v) is 3.47. The quantitative estimate of drug-likeness (QED) is 0.880. The van der Waals surface area contributed by atoms with E-state index in [-0.39, 0.29) is 6.61 Å². The Morgan fingerprint density at radius 1 is 1.25 bits per heavy atom. The van der Waals surface area contributed by atoms with Gasteiger partial charge in [0, 0.05) is 24.0 Å². The summed E-state index contributed by atoms with van der Waals surface area (Å²) in [6.45, 7) is 2.32. The first-order valence-electron chi connectivity index (χ1n) is 5.48. The first kappa shape index (κ1) is 11.3. The topological polar surface area (TPSA) is 33.1 Å². The molecule has 2 rings (SSSR count). The van der Waals surface area contributed by atoms with E-state index in [9.17, 15) is 0 Å². The Bertz CT molecular complexity index is 447. The van der Waals surface area contributed by atoms with Gasteiger partial charge in [0.15, 0.2) is 0 Å². The molecule has 0 saturated carbocycles. The van der Waals surface area contributed by atoms with Gasteiger partial charge in [0.2, 0.25) is 0 Å². The molecule has 1 aromatic heterocycles. The maximum absolute atomic E-state index is 8.83. The predicted octanol–water partition coefficient (Wildman–Crippen LogP) is 2.91. The van der Waals surface area contributed by atoms with Gasteiger partial charge in [-0.2, -0.15) is 0 Å². The first-order valence-corrected chi connectivity index (χ1v) is 6.36. The number of rotatable bonds is 4. The zero-order valence-corrected chi connectivity index (χ0v) is 10.1. The van der Waals surface area contributed by atoms with Crippen LogP contribution in [0.4, 0.5) is 0 Å². The fourth-order valence-electron chi connectivity index (χ4n) is 1.55. The van der Waals surface area contributed by atoms with Crippen LogP contribution < -0.4 is 0 Å². The molecule has 1 N–H and O–H groups in total. The molecule has 0 fully saturated rings. The van der Waals surface area contributed by atoms with Crippen molar-refractivity contribution in [2.75, 3.05) is 6.61 Å². The van der Waals surface area contributed by atoms with Crippen molar-refractivity contribution in [3.63, 3.8) is 0 Å². The molecule has 2 nitrogen and oxygen atoms in total. The van der Waals surface area contributed by atoms with Gasteiger partial charge < -0.3 is 5.11 Å². The number of benzene rings is 1. The van der Waals surface area contributed by atoms with Crippen LogP contribution in [0.1, 0.15) is 18.2 Å². The smallest absolute Gasteiger partial charge is 0.123 e. The van der Waals surface area contributed by atoms with Gasteiger partial charge in [-0.05, 0) is 12.0 Å². The molecule has 0 aliphatic carbocycles. The van der Waals surface area contributed by atoms with Gasteiger partial charge in [0.05, 0.1) is 5.69 Å². The second-order valence-electron chi connectivity index (χ2n) is 3.67. The van der Waals surface area contributed by atoms with E-state index in [4.69, 9.17) is 5.11 Å². The minimum atomic E-state index is 0.165. The Kier molecular flexibility index (Phi) is 3.70. The van der Waals surface area contributed by atoms with Gasteiger partial charge >= 0.3 is 0 Å². The molecule has 0 atom stereocenters. The average Bonchev–Trinajstić information content (AvgIpc) is 2.78. The molecule has 1 heterocycles. The molecule has 0 aliphatic rings.